The molecule has 0 amide bonds. The van der Waals surface area contributed by atoms with Crippen molar-refractivity contribution in [3.8, 4) is 0 Å². The predicted octanol–water partition coefficient (Wildman–Crippen LogP) is 25.7. The molecule has 0 saturated heterocycles. The highest BCUT2D eigenvalue weighted by Gasteiger charge is 2.10. The van der Waals surface area contributed by atoms with E-state index in [0.29, 0.717) is 0 Å². The van der Waals surface area contributed by atoms with E-state index in [-0.39, 0.29) is 0 Å². The SMILES string of the molecule is CCCCCCCCCCCCCCCCC(CCCC)CCCCCCCCCCCCCOCCCCCCCCCCCCCC(CCCC)CCCCCCCCCCCCCCCC. The highest BCUT2D eigenvalue weighted by atomic mass is 16.5. The van der Waals surface area contributed by atoms with E-state index in [4.69, 9.17) is 4.74 Å². The maximum absolute atomic E-state index is 6.00. The van der Waals surface area contributed by atoms with Crippen LogP contribution in [0.4, 0.5) is 0 Å². The molecule has 2 atom stereocenters. The lowest BCUT2D eigenvalue weighted by Gasteiger charge is -2.16. The van der Waals surface area contributed by atoms with Gasteiger partial charge in [-0.05, 0) is 24.7 Å². The number of unbranched alkanes of at least 4 members (excludes halogenated alkanes) is 48. The minimum atomic E-state index is 0.998. The maximum Gasteiger partial charge on any atom is 0.0466 e. The van der Waals surface area contributed by atoms with E-state index in [2.05, 4.69) is 27.7 Å². The van der Waals surface area contributed by atoms with Gasteiger partial charge in [0.05, 0.1) is 0 Å². The molecule has 0 bridgehead atoms. The van der Waals surface area contributed by atoms with Gasteiger partial charge in [0.2, 0.25) is 0 Å². The van der Waals surface area contributed by atoms with Crippen molar-refractivity contribution in [3.05, 3.63) is 0 Å². The number of hydrogen-bond acceptors (Lipinski definition) is 1. The maximum atomic E-state index is 6.00. The van der Waals surface area contributed by atoms with Crippen LogP contribution in [0.1, 0.15) is 413 Å². The van der Waals surface area contributed by atoms with Gasteiger partial charge in [0.25, 0.3) is 0 Å². The molecule has 0 aliphatic carbocycles. The number of ether oxygens (including phenoxy) is 1. The number of rotatable bonds is 64. The quantitative estimate of drug-likeness (QED) is 0.0552. The molecule has 0 N–H and O–H groups in total. The highest BCUT2D eigenvalue weighted by molar-refractivity contribution is 4.64. The largest absolute Gasteiger partial charge is 0.381 e. The standard InChI is InChI=1S/C68H138O/c1-5-9-13-15-17-19-21-23-25-29-35-41-47-53-61-67(59-11-7-3)63-55-49-43-37-31-27-33-39-45-51-57-65-69-66-58-52-46-40-34-28-32-38-44-50-56-64-68(60-12-8-4)62-54-48-42-36-30-26-24-22-20-18-16-14-10-6-2/h67-68H,5-66H2,1-4H3. The van der Waals surface area contributed by atoms with Crippen molar-refractivity contribution in [3.63, 3.8) is 0 Å². The molecule has 0 aromatic carbocycles. The summed E-state index contributed by atoms with van der Waals surface area (Å²) in [5.41, 5.74) is 0. The van der Waals surface area contributed by atoms with Crippen molar-refractivity contribution < 1.29 is 4.74 Å². The van der Waals surface area contributed by atoms with Crippen LogP contribution in [0.15, 0.2) is 0 Å². The van der Waals surface area contributed by atoms with E-state index in [0.717, 1.165) is 25.0 Å². The van der Waals surface area contributed by atoms with Crippen molar-refractivity contribution >= 4 is 0 Å². The van der Waals surface area contributed by atoms with Crippen molar-refractivity contribution in [1.29, 1.82) is 0 Å². The fourth-order valence-electron chi connectivity index (χ4n) is 11.7. The predicted molar refractivity (Wildman–Crippen MR) is 318 cm³/mol. The summed E-state index contributed by atoms with van der Waals surface area (Å²) in [6.45, 7) is 11.4. The Morgan fingerprint density at radius 1 is 0.159 bits per heavy atom. The van der Waals surface area contributed by atoms with Crippen molar-refractivity contribution in [2.24, 2.45) is 11.8 Å². The normalized spacial score (nSPS) is 12.7. The van der Waals surface area contributed by atoms with Crippen LogP contribution < -0.4 is 0 Å². The van der Waals surface area contributed by atoms with Gasteiger partial charge in [0.1, 0.15) is 0 Å². The summed E-state index contributed by atoms with van der Waals surface area (Å²) in [7, 11) is 0. The molecule has 0 spiro atoms. The molecule has 69 heavy (non-hydrogen) atoms. The zero-order chi connectivity index (χ0) is 49.7. The molecule has 0 fully saturated rings. The molecule has 0 aromatic heterocycles. The van der Waals surface area contributed by atoms with Crippen molar-refractivity contribution in [1.82, 2.24) is 0 Å². The average Bonchev–Trinajstić information content (AvgIpc) is 3.36. The molecule has 0 heterocycles. The minimum Gasteiger partial charge on any atom is -0.381 e. The third kappa shape index (κ3) is 60.4. The van der Waals surface area contributed by atoms with E-state index >= 15 is 0 Å². The summed E-state index contributed by atoms with van der Waals surface area (Å²) < 4.78 is 6.00. The molecule has 1 nitrogen and oxygen atoms in total. The fourth-order valence-corrected chi connectivity index (χ4v) is 11.7. The van der Waals surface area contributed by atoms with E-state index in [1.807, 2.05) is 0 Å². The van der Waals surface area contributed by atoms with Crippen LogP contribution in [-0.2, 0) is 4.74 Å². The van der Waals surface area contributed by atoms with Crippen LogP contribution in [0, 0.1) is 11.8 Å². The Bertz CT molecular complexity index is 783. The van der Waals surface area contributed by atoms with Gasteiger partial charge in [-0.25, -0.2) is 0 Å². The third-order valence-corrected chi connectivity index (χ3v) is 16.7. The Hall–Kier alpha value is -0.0400. The molecular weight excluding hydrogens is 833 g/mol. The lowest BCUT2D eigenvalue weighted by atomic mass is 9.90. The molecule has 0 aromatic rings. The van der Waals surface area contributed by atoms with Crippen LogP contribution in [-0.4, -0.2) is 13.2 Å². The summed E-state index contributed by atoms with van der Waals surface area (Å²) in [5.74, 6) is 2.04. The first-order valence-electron chi connectivity index (χ1n) is 33.9. The summed E-state index contributed by atoms with van der Waals surface area (Å²) in [6.07, 6.45) is 87.7. The fraction of sp³-hybridized carbons (Fsp3) is 1.00. The van der Waals surface area contributed by atoms with Gasteiger partial charge >= 0.3 is 0 Å². The Kier molecular flexibility index (Phi) is 64.0. The summed E-state index contributed by atoms with van der Waals surface area (Å²) in [6, 6.07) is 0. The zero-order valence-corrected chi connectivity index (χ0v) is 49.4. The molecule has 416 valence electrons. The van der Waals surface area contributed by atoms with Crippen LogP contribution in [0.3, 0.4) is 0 Å². The van der Waals surface area contributed by atoms with Gasteiger partial charge in [-0.3, -0.25) is 0 Å². The van der Waals surface area contributed by atoms with E-state index in [1.54, 1.807) is 0 Å². The van der Waals surface area contributed by atoms with E-state index < -0.39 is 0 Å². The molecule has 0 saturated carbocycles. The van der Waals surface area contributed by atoms with Crippen LogP contribution in [0.25, 0.3) is 0 Å². The minimum absolute atomic E-state index is 0.998. The Morgan fingerprint density at radius 2 is 0.304 bits per heavy atom. The zero-order valence-electron chi connectivity index (χ0n) is 49.4. The first-order valence-corrected chi connectivity index (χ1v) is 33.9. The molecule has 0 aliphatic heterocycles. The Labute approximate surface area is 440 Å². The molecule has 0 aliphatic rings. The second-order valence-corrected chi connectivity index (χ2v) is 23.8. The smallest absolute Gasteiger partial charge is 0.0466 e. The molecule has 2 unspecified atom stereocenters. The van der Waals surface area contributed by atoms with Gasteiger partial charge in [0.15, 0.2) is 0 Å². The Balaban J connectivity index is 3.45. The summed E-state index contributed by atoms with van der Waals surface area (Å²) in [5, 5.41) is 0. The molecule has 1 heteroatoms. The lowest BCUT2D eigenvalue weighted by Crippen LogP contribution is -2.01. The molecular formula is C68H138O. The highest BCUT2D eigenvalue weighted by Crippen LogP contribution is 2.26. The van der Waals surface area contributed by atoms with Crippen LogP contribution in [0.2, 0.25) is 0 Å². The third-order valence-electron chi connectivity index (χ3n) is 16.7. The molecule has 0 radical (unpaired) electrons. The van der Waals surface area contributed by atoms with Gasteiger partial charge in [-0.15, -0.1) is 0 Å². The number of hydrogen-bond donors (Lipinski definition) is 0. The second kappa shape index (κ2) is 64.1. The van der Waals surface area contributed by atoms with E-state index in [9.17, 15) is 0 Å². The van der Waals surface area contributed by atoms with Gasteiger partial charge in [-0.1, -0.05) is 400 Å². The average molecular weight is 972 g/mol. The van der Waals surface area contributed by atoms with Gasteiger partial charge < -0.3 is 4.74 Å². The Morgan fingerprint density at radius 3 is 0.493 bits per heavy atom. The lowest BCUT2D eigenvalue weighted by molar-refractivity contribution is 0.125. The summed E-state index contributed by atoms with van der Waals surface area (Å²) in [4.78, 5) is 0. The monoisotopic (exact) mass is 971 g/mol. The first-order chi connectivity index (χ1) is 34.3. The van der Waals surface area contributed by atoms with E-state index in [1.165, 1.54) is 385 Å². The van der Waals surface area contributed by atoms with Crippen LogP contribution >= 0.6 is 0 Å². The van der Waals surface area contributed by atoms with Crippen molar-refractivity contribution in [2.45, 2.75) is 413 Å². The topological polar surface area (TPSA) is 9.23 Å². The second-order valence-electron chi connectivity index (χ2n) is 23.8. The summed E-state index contributed by atoms with van der Waals surface area (Å²) >= 11 is 0. The first kappa shape index (κ1) is 69.0. The molecule has 0 rings (SSSR count). The van der Waals surface area contributed by atoms with Gasteiger partial charge in [0, 0.05) is 13.2 Å². The van der Waals surface area contributed by atoms with Gasteiger partial charge in [-0.2, -0.15) is 0 Å². The van der Waals surface area contributed by atoms with Crippen LogP contribution in [0.5, 0.6) is 0 Å². The van der Waals surface area contributed by atoms with Crippen molar-refractivity contribution in [2.75, 3.05) is 13.2 Å².